The fourth-order valence-electron chi connectivity index (χ4n) is 3.04. The average Bonchev–Trinajstić information content (AvgIpc) is 2.76. The van der Waals surface area contributed by atoms with Gasteiger partial charge in [0, 0.05) is 37.4 Å². The van der Waals surface area contributed by atoms with Crippen LogP contribution < -0.4 is 10.2 Å². The molecule has 0 bridgehead atoms. The molecule has 4 nitrogen and oxygen atoms in total. The molecule has 0 aromatic heterocycles. The smallest absolute Gasteiger partial charge is 0.0735 e. The van der Waals surface area contributed by atoms with Crippen LogP contribution in [0, 0.1) is 0 Å². The molecule has 2 unspecified atom stereocenters. The molecule has 1 aliphatic rings. The third kappa shape index (κ3) is 4.43. The van der Waals surface area contributed by atoms with Gasteiger partial charge in [0.05, 0.1) is 6.10 Å². The van der Waals surface area contributed by atoms with Crippen molar-refractivity contribution in [2.75, 3.05) is 32.1 Å². The third-order valence-corrected chi connectivity index (χ3v) is 3.97. The lowest BCUT2D eigenvalue weighted by molar-refractivity contribution is 0.191. The lowest BCUT2D eigenvalue weighted by atomic mass is 10.1. The number of nitrogens with one attached hydrogen (secondary N) is 1. The normalized spacial score (nSPS) is 22.5. The van der Waals surface area contributed by atoms with Crippen molar-refractivity contribution < 1.29 is 5.11 Å². The Labute approximate surface area is 128 Å². The van der Waals surface area contributed by atoms with Crippen molar-refractivity contribution in [3.05, 3.63) is 29.8 Å². The van der Waals surface area contributed by atoms with Gasteiger partial charge in [0.15, 0.2) is 0 Å². The molecule has 1 aromatic rings. The van der Waals surface area contributed by atoms with E-state index in [4.69, 9.17) is 0 Å². The van der Waals surface area contributed by atoms with E-state index >= 15 is 0 Å². The Hall–Kier alpha value is -1.10. The molecule has 1 aromatic carbocycles. The first-order valence-corrected chi connectivity index (χ1v) is 7.88. The number of para-hydroxylation sites is 1. The SMILES string of the molecule is CC(C)NCc1ccccc1N1CC(O)CC1CN(C)C. The molecule has 1 fully saturated rings. The zero-order valence-corrected chi connectivity index (χ0v) is 13.7. The van der Waals surface area contributed by atoms with Crippen LogP contribution in [0.25, 0.3) is 0 Å². The van der Waals surface area contributed by atoms with E-state index < -0.39 is 0 Å². The average molecular weight is 291 g/mol. The fraction of sp³-hybridized carbons (Fsp3) is 0.647. The van der Waals surface area contributed by atoms with Crippen LogP contribution in [0.2, 0.25) is 0 Å². The number of aliphatic hydroxyl groups excluding tert-OH is 1. The molecular weight excluding hydrogens is 262 g/mol. The van der Waals surface area contributed by atoms with Gasteiger partial charge in [0.1, 0.15) is 0 Å². The lowest BCUT2D eigenvalue weighted by Gasteiger charge is -2.30. The highest BCUT2D eigenvalue weighted by molar-refractivity contribution is 5.55. The Bertz CT molecular complexity index is 447. The van der Waals surface area contributed by atoms with E-state index in [9.17, 15) is 5.11 Å². The van der Waals surface area contributed by atoms with Gasteiger partial charge in [-0.05, 0) is 32.1 Å². The molecular formula is C17H29N3O. The van der Waals surface area contributed by atoms with Crippen molar-refractivity contribution in [2.45, 2.75) is 45.0 Å². The van der Waals surface area contributed by atoms with Gasteiger partial charge < -0.3 is 20.2 Å². The Morgan fingerprint density at radius 2 is 2.05 bits per heavy atom. The van der Waals surface area contributed by atoms with Gasteiger partial charge in [-0.3, -0.25) is 0 Å². The summed E-state index contributed by atoms with van der Waals surface area (Å²) in [5.74, 6) is 0. The molecule has 21 heavy (non-hydrogen) atoms. The van der Waals surface area contributed by atoms with Crippen molar-refractivity contribution >= 4 is 5.69 Å². The largest absolute Gasteiger partial charge is 0.391 e. The van der Waals surface area contributed by atoms with Gasteiger partial charge in [-0.2, -0.15) is 0 Å². The number of β-amino-alcohol motifs (C(OH)–C–C–N with tert-alkyl or cyclic N) is 1. The number of hydrogen-bond acceptors (Lipinski definition) is 4. The molecule has 0 amide bonds. The molecule has 0 radical (unpaired) electrons. The Morgan fingerprint density at radius 3 is 2.71 bits per heavy atom. The highest BCUT2D eigenvalue weighted by atomic mass is 16.3. The minimum Gasteiger partial charge on any atom is -0.391 e. The first-order chi connectivity index (χ1) is 9.97. The monoisotopic (exact) mass is 291 g/mol. The van der Waals surface area contributed by atoms with Crippen LogP contribution in [0.15, 0.2) is 24.3 Å². The van der Waals surface area contributed by atoms with Gasteiger partial charge in [-0.25, -0.2) is 0 Å². The summed E-state index contributed by atoms with van der Waals surface area (Å²) >= 11 is 0. The van der Waals surface area contributed by atoms with Crippen LogP contribution in [-0.2, 0) is 6.54 Å². The second-order valence-corrected chi connectivity index (χ2v) is 6.62. The Morgan fingerprint density at radius 1 is 1.33 bits per heavy atom. The van der Waals surface area contributed by atoms with E-state index in [2.05, 4.69) is 67.3 Å². The molecule has 4 heteroatoms. The number of likely N-dealkylation sites (N-methyl/N-ethyl adjacent to an activating group) is 1. The number of aliphatic hydroxyl groups is 1. The Balaban J connectivity index is 2.18. The van der Waals surface area contributed by atoms with Gasteiger partial charge in [-0.15, -0.1) is 0 Å². The molecule has 118 valence electrons. The minimum atomic E-state index is -0.221. The minimum absolute atomic E-state index is 0.221. The molecule has 1 saturated heterocycles. The maximum atomic E-state index is 10.1. The van der Waals surface area contributed by atoms with Crippen LogP contribution in [0.3, 0.4) is 0 Å². The molecule has 2 atom stereocenters. The standard InChI is InChI=1S/C17H29N3O/c1-13(2)18-10-14-7-5-6-8-17(14)20-12-16(21)9-15(20)11-19(3)4/h5-8,13,15-16,18,21H,9-12H2,1-4H3. The second kappa shape index (κ2) is 7.25. The summed E-state index contributed by atoms with van der Waals surface area (Å²) in [7, 11) is 4.18. The summed E-state index contributed by atoms with van der Waals surface area (Å²) in [6, 6.07) is 9.40. The number of anilines is 1. The number of benzene rings is 1. The van der Waals surface area contributed by atoms with Crippen LogP contribution in [0.1, 0.15) is 25.8 Å². The van der Waals surface area contributed by atoms with Gasteiger partial charge in [-0.1, -0.05) is 32.0 Å². The molecule has 0 aliphatic carbocycles. The summed E-state index contributed by atoms with van der Waals surface area (Å²) in [6.07, 6.45) is 0.630. The summed E-state index contributed by atoms with van der Waals surface area (Å²) in [4.78, 5) is 4.58. The van der Waals surface area contributed by atoms with E-state index in [1.54, 1.807) is 0 Å². The zero-order chi connectivity index (χ0) is 15.4. The summed E-state index contributed by atoms with van der Waals surface area (Å²) in [5.41, 5.74) is 2.57. The zero-order valence-electron chi connectivity index (χ0n) is 13.7. The summed E-state index contributed by atoms with van der Waals surface area (Å²) < 4.78 is 0. The number of rotatable bonds is 6. The second-order valence-electron chi connectivity index (χ2n) is 6.62. The van der Waals surface area contributed by atoms with Gasteiger partial charge in [0.25, 0.3) is 0 Å². The first kappa shape index (κ1) is 16.3. The summed E-state index contributed by atoms with van der Waals surface area (Å²) in [5, 5.41) is 13.6. The maximum absolute atomic E-state index is 10.1. The van der Waals surface area contributed by atoms with Crippen LogP contribution in [0.4, 0.5) is 5.69 Å². The summed E-state index contributed by atoms with van der Waals surface area (Å²) in [6.45, 7) is 6.91. The molecule has 2 rings (SSSR count). The van der Waals surface area contributed by atoms with Crippen molar-refractivity contribution in [1.82, 2.24) is 10.2 Å². The maximum Gasteiger partial charge on any atom is 0.0735 e. The quantitative estimate of drug-likeness (QED) is 0.836. The van der Waals surface area contributed by atoms with Crippen molar-refractivity contribution in [3.8, 4) is 0 Å². The predicted molar refractivity (Wildman–Crippen MR) is 88.7 cm³/mol. The first-order valence-electron chi connectivity index (χ1n) is 7.88. The van der Waals surface area contributed by atoms with Crippen molar-refractivity contribution in [2.24, 2.45) is 0 Å². The number of nitrogens with zero attached hydrogens (tertiary/aromatic N) is 2. The highest BCUT2D eigenvalue weighted by Gasteiger charge is 2.32. The predicted octanol–water partition coefficient (Wildman–Crippen LogP) is 1.69. The lowest BCUT2D eigenvalue weighted by Crippen LogP contribution is -2.38. The highest BCUT2D eigenvalue weighted by Crippen LogP contribution is 2.29. The molecule has 0 spiro atoms. The third-order valence-electron chi connectivity index (χ3n) is 3.97. The van der Waals surface area contributed by atoms with Crippen LogP contribution in [-0.4, -0.2) is 55.4 Å². The fourth-order valence-corrected chi connectivity index (χ4v) is 3.04. The van der Waals surface area contributed by atoms with E-state index in [0.29, 0.717) is 12.1 Å². The molecule has 2 N–H and O–H groups in total. The Kier molecular flexibility index (Phi) is 5.62. The van der Waals surface area contributed by atoms with Gasteiger partial charge in [0.2, 0.25) is 0 Å². The molecule has 0 saturated carbocycles. The van der Waals surface area contributed by atoms with E-state index in [0.717, 1.165) is 26.1 Å². The van der Waals surface area contributed by atoms with E-state index in [-0.39, 0.29) is 6.10 Å². The number of hydrogen-bond donors (Lipinski definition) is 2. The van der Waals surface area contributed by atoms with Crippen LogP contribution in [0.5, 0.6) is 0 Å². The van der Waals surface area contributed by atoms with Crippen LogP contribution >= 0.6 is 0 Å². The molecule has 1 aliphatic heterocycles. The molecule has 1 heterocycles. The van der Waals surface area contributed by atoms with E-state index in [1.165, 1.54) is 11.3 Å². The van der Waals surface area contributed by atoms with Crippen molar-refractivity contribution in [1.29, 1.82) is 0 Å². The van der Waals surface area contributed by atoms with Crippen molar-refractivity contribution in [3.63, 3.8) is 0 Å². The topological polar surface area (TPSA) is 38.7 Å². The van der Waals surface area contributed by atoms with E-state index in [1.807, 2.05) is 0 Å². The van der Waals surface area contributed by atoms with Gasteiger partial charge >= 0.3 is 0 Å².